The van der Waals surface area contributed by atoms with Crippen LogP contribution in [0.15, 0.2) is 0 Å². The van der Waals surface area contributed by atoms with Crippen LogP contribution in [-0.4, -0.2) is 91.2 Å². The highest BCUT2D eigenvalue weighted by molar-refractivity contribution is 5.60. The van der Waals surface area contributed by atoms with E-state index in [-0.39, 0.29) is 18.8 Å². The SMILES string of the molecule is CCCCCCCCCCC(O)CN(CCCOC(=O)OC1COC2CCOC21)CC(O)CCCCCC. The molecule has 2 saturated heterocycles. The van der Waals surface area contributed by atoms with Gasteiger partial charge in [0.1, 0.15) is 6.10 Å². The summed E-state index contributed by atoms with van der Waals surface area (Å²) < 4.78 is 21.9. The van der Waals surface area contributed by atoms with Crippen LogP contribution in [-0.2, 0) is 18.9 Å². The Bertz CT molecular complexity index is 593. The highest BCUT2D eigenvalue weighted by atomic mass is 16.7. The van der Waals surface area contributed by atoms with Crippen molar-refractivity contribution in [2.24, 2.45) is 0 Å². The van der Waals surface area contributed by atoms with E-state index in [9.17, 15) is 15.0 Å². The fourth-order valence-corrected chi connectivity index (χ4v) is 5.49. The second-order valence-electron chi connectivity index (χ2n) is 11.3. The summed E-state index contributed by atoms with van der Waals surface area (Å²) >= 11 is 0. The number of aliphatic hydroxyl groups excluding tert-OH is 2. The molecule has 5 atom stereocenters. The van der Waals surface area contributed by atoms with Crippen molar-refractivity contribution in [1.82, 2.24) is 4.90 Å². The molecule has 2 heterocycles. The summed E-state index contributed by atoms with van der Waals surface area (Å²) in [6.07, 6.45) is 15.5. The molecule has 2 fully saturated rings. The number of unbranched alkanes of at least 4 members (excludes halogenated alkanes) is 10. The van der Waals surface area contributed by atoms with Gasteiger partial charge in [-0.15, -0.1) is 0 Å². The molecule has 0 aliphatic carbocycles. The lowest BCUT2D eigenvalue weighted by molar-refractivity contribution is -0.0282. The fourth-order valence-electron chi connectivity index (χ4n) is 5.49. The number of fused-ring (bicyclic) bond motifs is 1. The highest BCUT2D eigenvalue weighted by Gasteiger charge is 2.44. The van der Waals surface area contributed by atoms with Crippen LogP contribution >= 0.6 is 0 Å². The molecular formula is C30H57NO7. The Labute approximate surface area is 231 Å². The number of nitrogens with zero attached hydrogens (tertiary/aromatic N) is 1. The summed E-state index contributed by atoms with van der Waals surface area (Å²) in [5, 5.41) is 21.3. The Morgan fingerprint density at radius 1 is 0.842 bits per heavy atom. The molecule has 0 bridgehead atoms. The Morgan fingerprint density at radius 3 is 2.05 bits per heavy atom. The molecule has 0 spiro atoms. The molecule has 0 aromatic carbocycles. The largest absolute Gasteiger partial charge is 0.508 e. The maximum absolute atomic E-state index is 12.2. The third kappa shape index (κ3) is 14.5. The van der Waals surface area contributed by atoms with Gasteiger partial charge in [0.15, 0.2) is 6.10 Å². The molecule has 2 N–H and O–H groups in total. The van der Waals surface area contributed by atoms with Gasteiger partial charge in [-0.25, -0.2) is 4.79 Å². The van der Waals surface area contributed by atoms with E-state index in [1.807, 2.05) is 0 Å². The summed E-state index contributed by atoms with van der Waals surface area (Å²) in [6, 6.07) is 0. The smallest absolute Gasteiger partial charge is 0.434 e. The average molecular weight is 544 g/mol. The van der Waals surface area contributed by atoms with Gasteiger partial charge in [-0.05, 0) is 25.7 Å². The van der Waals surface area contributed by atoms with Crippen LogP contribution in [0.3, 0.4) is 0 Å². The fraction of sp³-hybridized carbons (Fsp3) is 0.967. The van der Waals surface area contributed by atoms with Crippen molar-refractivity contribution in [3.63, 3.8) is 0 Å². The van der Waals surface area contributed by atoms with Gasteiger partial charge in [-0.1, -0.05) is 90.9 Å². The molecule has 0 amide bonds. The second kappa shape index (κ2) is 20.9. The van der Waals surface area contributed by atoms with Crippen LogP contribution in [0.4, 0.5) is 4.79 Å². The van der Waals surface area contributed by atoms with E-state index in [0.717, 1.165) is 44.9 Å². The summed E-state index contributed by atoms with van der Waals surface area (Å²) in [4.78, 5) is 14.3. The van der Waals surface area contributed by atoms with Crippen LogP contribution in [0.5, 0.6) is 0 Å². The van der Waals surface area contributed by atoms with Gasteiger partial charge in [0.05, 0.1) is 31.5 Å². The van der Waals surface area contributed by atoms with Crippen LogP contribution in [0.25, 0.3) is 0 Å². The molecule has 0 saturated carbocycles. The van der Waals surface area contributed by atoms with Gasteiger partial charge in [-0.3, -0.25) is 4.90 Å². The number of ether oxygens (including phenoxy) is 4. The maximum Gasteiger partial charge on any atom is 0.508 e. The first-order valence-corrected chi connectivity index (χ1v) is 15.7. The lowest BCUT2D eigenvalue weighted by Crippen LogP contribution is -2.39. The molecule has 224 valence electrons. The molecule has 0 radical (unpaired) electrons. The molecule has 38 heavy (non-hydrogen) atoms. The van der Waals surface area contributed by atoms with Crippen molar-refractivity contribution in [1.29, 1.82) is 0 Å². The second-order valence-corrected chi connectivity index (χ2v) is 11.3. The van der Waals surface area contributed by atoms with E-state index in [0.29, 0.717) is 39.3 Å². The summed E-state index contributed by atoms with van der Waals surface area (Å²) in [5.74, 6) is 0. The van der Waals surface area contributed by atoms with Crippen molar-refractivity contribution in [3.05, 3.63) is 0 Å². The molecule has 2 aliphatic rings. The summed E-state index contributed by atoms with van der Waals surface area (Å²) in [7, 11) is 0. The molecule has 0 aromatic rings. The van der Waals surface area contributed by atoms with E-state index in [2.05, 4.69) is 18.7 Å². The molecule has 2 rings (SSSR count). The van der Waals surface area contributed by atoms with Crippen LogP contribution in [0.2, 0.25) is 0 Å². The van der Waals surface area contributed by atoms with Crippen molar-refractivity contribution in [3.8, 4) is 0 Å². The van der Waals surface area contributed by atoms with E-state index >= 15 is 0 Å². The normalized spacial score (nSPS) is 22.5. The molecular weight excluding hydrogens is 486 g/mol. The number of aliphatic hydroxyl groups is 2. The first-order valence-electron chi connectivity index (χ1n) is 15.7. The topological polar surface area (TPSA) is 97.7 Å². The van der Waals surface area contributed by atoms with E-state index in [1.165, 1.54) is 51.4 Å². The Morgan fingerprint density at radius 2 is 1.42 bits per heavy atom. The van der Waals surface area contributed by atoms with E-state index < -0.39 is 24.5 Å². The van der Waals surface area contributed by atoms with Crippen molar-refractivity contribution >= 4 is 6.16 Å². The Hall–Kier alpha value is -0.930. The zero-order valence-electron chi connectivity index (χ0n) is 24.3. The van der Waals surface area contributed by atoms with Crippen LogP contribution in [0, 0.1) is 0 Å². The summed E-state index contributed by atoms with van der Waals surface area (Å²) in [5.41, 5.74) is 0. The van der Waals surface area contributed by atoms with Gasteiger partial charge >= 0.3 is 6.16 Å². The van der Waals surface area contributed by atoms with Gasteiger partial charge in [0, 0.05) is 26.2 Å². The number of carbonyl (C=O) groups is 1. The monoisotopic (exact) mass is 543 g/mol. The first-order chi connectivity index (χ1) is 18.5. The Balaban J connectivity index is 1.65. The predicted octanol–water partition coefficient (Wildman–Crippen LogP) is 5.61. The predicted molar refractivity (Wildman–Crippen MR) is 149 cm³/mol. The van der Waals surface area contributed by atoms with Crippen molar-refractivity contribution in [2.45, 2.75) is 147 Å². The molecule has 2 aliphatic heterocycles. The standard InChI is InChI=1S/C30H57NO7/c1-3-5-7-9-10-11-12-14-17-26(33)23-31(22-25(32)16-13-8-6-4-2)19-15-20-36-30(34)38-28-24-37-27-18-21-35-29(27)28/h25-29,32-33H,3-24H2,1-2H3. The number of hydrogen-bond acceptors (Lipinski definition) is 8. The molecule has 8 nitrogen and oxygen atoms in total. The number of hydrogen-bond donors (Lipinski definition) is 2. The zero-order valence-corrected chi connectivity index (χ0v) is 24.3. The minimum Gasteiger partial charge on any atom is -0.434 e. The summed E-state index contributed by atoms with van der Waals surface area (Å²) in [6.45, 7) is 7.36. The lowest BCUT2D eigenvalue weighted by atomic mass is 10.0. The van der Waals surface area contributed by atoms with Crippen molar-refractivity contribution in [2.75, 3.05) is 39.5 Å². The zero-order chi connectivity index (χ0) is 27.4. The highest BCUT2D eigenvalue weighted by Crippen LogP contribution is 2.28. The van der Waals surface area contributed by atoms with Crippen LogP contribution in [0.1, 0.15) is 117 Å². The molecule has 5 unspecified atom stereocenters. The first kappa shape index (κ1) is 33.3. The maximum atomic E-state index is 12.2. The van der Waals surface area contributed by atoms with E-state index in [1.54, 1.807) is 0 Å². The number of carbonyl (C=O) groups excluding carboxylic acids is 1. The lowest BCUT2D eigenvalue weighted by Gasteiger charge is -2.27. The van der Waals surface area contributed by atoms with Gasteiger partial charge in [0.25, 0.3) is 0 Å². The van der Waals surface area contributed by atoms with Gasteiger partial charge in [0.2, 0.25) is 0 Å². The van der Waals surface area contributed by atoms with E-state index in [4.69, 9.17) is 18.9 Å². The quantitative estimate of drug-likeness (QED) is 0.127. The average Bonchev–Trinajstić information content (AvgIpc) is 3.51. The van der Waals surface area contributed by atoms with Gasteiger partial charge in [-0.2, -0.15) is 0 Å². The minimum atomic E-state index is -0.688. The van der Waals surface area contributed by atoms with Crippen molar-refractivity contribution < 1.29 is 34.0 Å². The molecule has 0 aromatic heterocycles. The third-order valence-corrected chi connectivity index (χ3v) is 7.73. The third-order valence-electron chi connectivity index (χ3n) is 7.73. The van der Waals surface area contributed by atoms with Gasteiger partial charge < -0.3 is 29.2 Å². The number of rotatable bonds is 23. The van der Waals surface area contributed by atoms with Crippen LogP contribution < -0.4 is 0 Å². The minimum absolute atomic E-state index is 0.0204. The Kier molecular flexibility index (Phi) is 18.3. The molecule has 8 heteroatoms.